The van der Waals surface area contributed by atoms with Gasteiger partial charge in [0.2, 0.25) is 11.8 Å². The standard InChI is InChI=1S/C8H14N2O3/c9-8(13)6-3-1-2-4-10(6)7(12)5-11/h6,11H,1-5H2,(H2,9,13)/t6-/m1/s1. The van der Waals surface area contributed by atoms with Crippen LogP contribution >= 0.6 is 0 Å². The molecular formula is C8H14N2O3. The number of carbonyl (C=O) groups is 2. The van der Waals surface area contributed by atoms with E-state index in [1.165, 1.54) is 4.90 Å². The van der Waals surface area contributed by atoms with Crippen LogP contribution in [0.4, 0.5) is 0 Å². The van der Waals surface area contributed by atoms with Crippen LogP contribution in [-0.4, -0.2) is 41.0 Å². The third kappa shape index (κ3) is 2.18. The first kappa shape index (κ1) is 9.98. The highest BCUT2D eigenvalue weighted by Gasteiger charge is 2.29. The van der Waals surface area contributed by atoms with Crippen LogP contribution in [0.5, 0.6) is 0 Å². The molecule has 0 aliphatic carbocycles. The molecule has 1 atom stereocenters. The molecule has 0 aromatic heterocycles. The fourth-order valence-electron chi connectivity index (χ4n) is 1.62. The van der Waals surface area contributed by atoms with Crippen molar-refractivity contribution in [2.75, 3.05) is 13.2 Å². The van der Waals surface area contributed by atoms with E-state index in [1.807, 2.05) is 0 Å². The van der Waals surface area contributed by atoms with Crippen molar-refractivity contribution in [3.63, 3.8) is 0 Å². The molecule has 13 heavy (non-hydrogen) atoms. The number of nitrogens with two attached hydrogens (primary N) is 1. The Balaban J connectivity index is 2.67. The number of piperidine rings is 1. The summed E-state index contributed by atoms with van der Waals surface area (Å²) in [5.41, 5.74) is 5.14. The highest BCUT2D eigenvalue weighted by atomic mass is 16.3. The lowest BCUT2D eigenvalue weighted by Gasteiger charge is -2.33. The first-order valence-corrected chi connectivity index (χ1v) is 4.36. The molecule has 0 radical (unpaired) electrons. The van der Waals surface area contributed by atoms with Crippen molar-refractivity contribution in [2.24, 2.45) is 5.73 Å². The molecule has 1 saturated heterocycles. The maximum absolute atomic E-state index is 11.1. The normalized spacial score (nSPS) is 22.8. The van der Waals surface area contributed by atoms with Crippen molar-refractivity contribution in [2.45, 2.75) is 25.3 Å². The van der Waals surface area contributed by atoms with E-state index in [0.29, 0.717) is 13.0 Å². The average Bonchev–Trinajstić information content (AvgIpc) is 2.16. The molecule has 0 saturated carbocycles. The molecule has 1 rings (SSSR count). The smallest absolute Gasteiger partial charge is 0.248 e. The predicted molar refractivity (Wildman–Crippen MR) is 45.6 cm³/mol. The van der Waals surface area contributed by atoms with Gasteiger partial charge >= 0.3 is 0 Å². The number of hydrogen-bond donors (Lipinski definition) is 2. The topological polar surface area (TPSA) is 83.6 Å². The van der Waals surface area contributed by atoms with Gasteiger partial charge in [0, 0.05) is 6.54 Å². The molecule has 5 heteroatoms. The van der Waals surface area contributed by atoms with Gasteiger partial charge in [-0.05, 0) is 19.3 Å². The minimum atomic E-state index is -0.552. The number of aliphatic hydroxyl groups excluding tert-OH is 1. The summed E-state index contributed by atoms with van der Waals surface area (Å²) in [6.07, 6.45) is 2.39. The number of likely N-dealkylation sites (tertiary alicyclic amines) is 1. The van der Waals surface area contributed by atoms with E-state index >= 15 is 0 Å². The lowest BCUT2D eigenvalue weighted by Crippen LogP contribution is -2.51. The molecule has 1 heterocycles. The Kier molecular flexibility index (Phi) is 3.25. The van der Waals surface area contributed by atoms with E-state index in [2.05, 4.69) is 0 Å². The molecule has 0 aromatic carbocycles. The lowest BCUT2D eigenvalue weighted by atomic mass is 10.0. The molecule has 74 valence electrons. The Morgan fingerprint density at radius 3 is 2.69 bits per heavy atom. The fraction of sp³-hybridized carbons (Fsp3) is 0.750. The van der Waals surface area contributed by atoms with Crippen molar-refractivity contribution in [1.82, 2.24) is 4.90 Å². The van der Waals surface area contributed by atoms with Crippen LogP contribution in [0.3, 0.4) is 0 Å². The van der Waals surface area contributed by atoms with E-state index in [1.54, 1.807) is 0 Å². The van der Waals surface area contributed by atoms with Crippen LogP contribution in [0.15, 0.2) is 0 Å². The monoisotopic (exact) mass is 186 g/mol. The van der Waals surface area contributed by atoms with Gasteiger partial charge in [-0.25, -0.2) is 0 Å². The molecule has 5 nitrogen and oxygen atoms in total. The van der Waals surface area contributed by atoms with E-state index in [9.17, 15) is 9.59 Å². The Bertz CT molecular complexity index is 217. The van der Waals surface area contributed by atoms with Gasteiger partial charge in [-0.2, -0.15) is 0 Å². The zero-order chi connectivity index (χ0) is 9.84. The van der Waals surface area contributed by atoms with Gasteiger partial charge in [0.25, 0.3) is 0 Å². The molecule has 2 amide bonds. The Hall–Kier alpha value is -1.10. The molecule has 0 spiro atoms. The number of primary amides is 1. The lowest BCUT2D eigenvalue weighted by molar-refractivity contribution is -0.143. The zero-order valence-electron chi connectivity index (χ0n) is 7.40. The number of hydrogen-bond acceptors (Lipinski definition) is 3. The molecular weight excluding hydrogens is 172 g/mol. The van der Waals surface area contributed by atoms with E-state index < -0.39 is 24.5 Å². The van der Waals surface area contributed by atoms with Gasteiger partial charge in [-0.1, -0.05) is 0 Å². The molecule has 0 unspecified atom stereocenters. The summed E-state index contributed by atoms with van der Waals surface area (Å²) in [5.74, 6) is -0.898. The number of aliphatic hydroxyl groups is 1. The Morgan fingerprint density at radius 1 is 1.46 bits per heavy atom. The Morgan fingerprint density at radius 2 is 2.15 bits per heavy atom. The first-order valence-electron chi connectivity index (χ1n) is 4.36. The number of rotatable bonds is 2. The summed E-state index contributed by atoms with van der Waals surface area (Å²) < 4.78 is 0. The second-order valence-corrected chi connectivity index (χ2v) is 3.16. The SMILES string of the molecule is NC(=O)[C@H]1CCCCN1C(=O)CO. The highest BCUT2D eigenvalue weighted by Crippen LogP contribution is 2.16. The summed E-state index contributed by atoms with van der Waals surface area (Å²) in [6.45, 7) is -0.0310. The van der Waals surface area contributed by atoms with Crippen LogP contribution < -0.4 is 5.73 Å². The third-order valence-electron chi connectivity index (χ3n) is 2.29. The largest absolute Gasteiger partial charge is 0.387 e. The molecule has 1 aliphatic rings. The quantitative estimate of drug-likeness (QED) is 0.571. The summed E-state index contributed by atoms with van der Waals surface area (Å²) in [6, 6.07) is -0.520. The van der Waals surface area contributed by atoms with Crippen LogP contribution in [0, 0.1) is 0 Å². The zero-order valence-corrected chi connectivity index (χ0v) is 7.40. The van der Waals surface area contributed by atoms with Crippen molar-refractivity contribution >= 4 is 11.8 Å². The van der Waals surface area contributed by atoms with Gasteiger partial charge in [-0.3, -0.25) is 9.59 Å². The van der Waals surface area contributed by atoms with Gasteiger partial charge in [0.05, 0.1) is 0 Å². The number of carbonyl (C=O) groups excluding carboxylic acids is 2. The number of nitrogens with zero attached hydrogens (tertiary/aromatic N) is 1. The van der Waals surface area contributed by atoms with Gasteiger partial charge < -0.3 is 15.7 Å². The minimum absolute atomic E-state index is 0.413. The van der Waals surface area contributed by atoms with Crippen molar-refractivity contribution in [3.05, 3.63) is 0 Å². The summed E-state index contributed by atoms with van der Waals surface area (Å²) >= 11 is 0. The van der Waals surface area contributed by atoms with Crippen molar-refractivity contribution < 1.29 is 14.7 Å². The van der Waals surface area contributed by atoms with Crippen LogP contribution in [0.25, 0.3) is 0 Å². The summed E-state index contributed by atoms with van der Waals surface area (Å²) in [7, 11) is 0. The average molecular weight is 186 g/mol. The minimum Gasteiger partial charge on any atom is -0.387 e. The van der Waals surface area contributed by atoms with Gasteiger partial charge in [-0.15, -0.1) is 0 Å². The summed E-state index contributed by atoms with van der Waals surface area (Å²) in [4.78, 5) is 23.4. The third-order valence-corrected chi connectivity index (χ3v) is 2.29. The summed E-state index contributed by atoms with van der Waals surface area (Å²) in [5, 5.41) is 8.64. The van der Waals surface area contributed by atoms with Crippen molar-refractivity contribution in [1.29, 1.82) is 0 Å². The van der Waals surface area contributed by atoms with Crippen molar-refractivity contribution in [3.8, 4) is 0 Å². The van der Waals surface area contributed by atoms with Gasteiger partial charge in [0.1, 0.15) is 12.6 Å². The number of amides is 2. The molecule has 0 aromatic rings. The molecule has 3 N–H and O–H groups in total. The van der Waals surface area contributed by atoms with Crippen LogP contribution in [0.2, 0.25) is 0 Å². The second-order valence-electron chi connectivity index (χ2n) is 3.16. The molecule has 0 bridgehead atoms. The first-order chi connectivity index (χ1) is 6.16. The van der Waals surface area contributed by atoms with E-state index in [-0.39, 0.29) is 0 Å². The van der Waals surface area contributed by atoms with Crippen LogP contribution in [0.1, 0.15) is 19.3 Å². The maximum atomic E-state index is 11.1. The fourth-order valence-corrected chi connectivity index (χ4v) is 1.62. The maximum Gasteiger partial charge on any atom is 0.248 e. The predicted octanol–water partition coefficient (Wildman–Crippen LogP) is -1.15. The van der Waals surface area contributed by atoms with E-state index in [4.69, 9.17) is 10.8 Å². The van der Waals surface area contributed by atoms with E-state index in [0.717, 1.165) is 12.8 Å². The second kappa shape index (κ2) is 4.23. The van der Waals surface area contributed by atoms with Crippen LogP contribution in [-0.2, 0) is 9.59 Å². The highest BCUT2D eigenvalue weighted by molar-refractivity contribution is 5.87. The molecule has 1 aliphatic heterocycles. The molecule has 1 fully saturated rings. The Labute approximate surface area is 76.5 Å². The van der Waals surface area contributed by atoms with Gasteiger partial charge in [0.15, 0.2) is 0 Å².